The van der Waals surface area contributed by atoms with Gasteiger partial charge >= 0.3 is 6.18 Å². The van der Waals surface area contributed by atoms with Crippen LogP contribution in [-0.4, -0.2) is 70.1 Å². The van der Waals surface area contributed by atoms with Gasteiger partial charge in [-0.05, 0) is 55.0 Å². The van der Waals surface area contributed by atoms with E-state index in [4.69, 9.17) is 0 Å². The van der Waals surface area contributed by atoms with Crippen molar-refractivity contribution >= 4 is 41.2 Å². The van der Waals surface area contributed by atoms with Crippen molar-refractivity contribution in [2.75, 3.05) is 44.4 Å². The van der Waals surface area contributed by atoms with Gasteiger partial charge in [-0.2, -0.15) is 13.2 Å². The Morgan fingerprint density at radius 3 is 2.11 bits per heavy atom. The summed E-state index contributed by atoms with van der Waals surface area (Å²) in [5, 5.41) is 8.47. The highest BCUT2D eigenvalue weighted by Gasteiger charge is 2.30. The number of carbonyl (C=O) groups is 3. The Morgan fingerprint density at radius 2 is 1.51 bits per heavy atom. The number of hydrogen-bond acceptors (Lipinski definition) is 4. The first kappa shape index (κ1) is 34.7. The Bertz CT molecular complexity index is 1770. The summed E-state index contributed by atoms with van der Waals surface area (Å²) in [5.74, 6) is -1.11. The van der Waals surface area contributed by atoms with Gasteiger partial charge in [0.2, 0.25) is 0 Å². The molecule has 0 aliphatic heterocycles. The number of nitrogens with one attached hydrogen (secondary N) is 3. The molecular weight excluding hydrogens is 611 g/mol. The first-order valence-corrected chi connectivity index (χ1v) is 15.0. The van der Waals surface area contributed by atoms with Crippen molar-refractivity contribution in [3.05, 3.63) is 101 Å². The van der Waals surface area contributed by atoms with Crippen molar-refractivity contribution in [3.8, 4) is 0 Å². The van der Waals surface area contributed by atoms with E-state index in [0.717, 1.165) is 36.1 Å². The maximum absolute atomic E-state index is 13.1. The second kappa shape index (κ2) is 14.5. The Labute approximate surface area is 271 Å². The number of pyridine rings is 1. The number of benzene rings is 1. The number of aryl methyl sites for hydroxylation is 2. The third-order valence-corrected chi connectivity index (χ3v) is 7.78. The van der Waals surface area contributed by atoms with Gasteiger partial charge in [-0.15, -0.1) is 0 Å². The minimum atomic E-state index is -4.43. The van der Waals surface area contributed by atoms with Gasteiger partial charge in [0, 0.05) is 45.7 Å². The van der Waals surface area contributed by atoms with Gasteiger partial charge in [-0.1, -0.05) is 18.2 Å². The van der Waals surface area contributed by atoms with Crippen LogP contribution < -0.4 is 16.0 Å². The van der Waals surface area contributed by atoms with Gasteiger partial charge < -0.3 is 29.6 Å². The molecule has 1 aromatic carbocycles. The van der Waals surface area contributed by atoms with Crippen LogP contribution in [0.2, 0.25) is 0 Å². The quantitative estimate of drug-likeness (QED) is 0.136. The molecule has 0 atom stereocenters. The van der Waals surface area contributed by atoms with Gasteiger partial charge in [0.15, 0.2) is 0 Å². The maximum atomic E-state index is 13.1. The molecule has 13 heteroatoms. The molecule has 4 aromatic rings. The van der Waals surface area contributed by atoms with Crippen LogP contribution in [0.4, 0.5) is 24.5 Å². The van der Waals surface area contributed by atoms with Crippen LogP contribution in [0.15, 0.2) is 67.1 Å². The summed E-state index contributed by atoms with van der Waals surface area (Å²) < 4.78 is 43.0. The van der Waals surface area contributed by atoms with Crippen LogP contribution in [-0.2, 0) is 20.3 Å². The molecule has 0 saturated heterocycles. The fourth-order valence-corrected chi connectivity index (χ4v) is 4.71. The first-order chi connectivity index (χ1) is 22.1. The first-order valence-electron chi connectivity index (χ1n) is 15.0. The Morgan fingerprint density at radius 1 is 0.872 bits per heavy atom. The molecule has 0 bridgehead atoms. The van der Waals surface area contributed by atoms with E-state index in [1.165, 1.54) is 24.4 Å². The van der Waals surface area contributed by atoms with Crippen molar-refractivity contribution < 1.29 is 32.0 Å². The van der Waals surface area contributed by atoms with E-state index in [9.17, 15) is 27.6 Å². The molecule has 0 saturated carbocycles. The molecular formula is C34H39F3N7O3+. The zero-order valence-corrected chi connectivity index (χ0v) is 27.0. The van der Waals surface area contributed by atoms with Gasteiger partial charge in [0.1, 0.15) is 11.4 Å². The van der Waals surface area contributed by atoms with E-state index in [-0.39, 0.29) is 17.2 Å². The maximum Gasteiger partial charge on any atom is 0.416 e. The summed E-state index contributed by atoms with van der Waals surface area (Å²) in [6.45, 7) is 4.63. The standard InChI is InChI=1S/C34H38F3N7O3/c1-6-44(4,5)16-8-15-38-32(46)29-18-28(22-42(29)2)41-33(47)30-19-27(21-43(30)3)40-31(45)24-12-14-26(39-20-24)13-11-23-9-7-10-25(17-23)34(35,36)37/h7,9-14,17-22H,6,8,15-16H2,1-5H3,(H2-,38,40,41,45,46,47)/p+1/b13-11+. The average molecular weight is 651 g/mol. The van der Waals surface area contributed by atoms with Crippen molar-refractivity contribution in [1.82, 2.24) is 19.4 Å². The Balaban J connectivity index is 1.33. The minimum absolute atomic E-state index is 0.229. The van der Waals surface area contributed by atoms with Gasteiger partial charge in [-0.25, -0.2) is 0 Å². The van der Waals surface area contributed by atoms with E-state index in [1.807, 2.05) is 0 Å². The molecule has 10 nitrogen and oxygen atoms in total. The highest BCUT2D eigenvalue weighted by atomic mass is 19.4. The van der Waals surface area contributed by atoms with Crippen LogP contribution in [0.5, 0.6) is 0 Å². The summed E-state index contributed by atoms with van der Waals surface area (Å²) in [7, 11) is 7.68. The van der Waals surface area contributed by atoms with Crippen LogP contribution >= 0.6 is 0 Å². The normalized spacial score (nSPS) is 11.9. The molecule has 3 amide bonds. The predicted molar refractivity (Wildman–Crippen MR) is 176 cm³/mol. The number of carbonyl (C=O) groups excluding carboxylic acids is 3. The summed E-state index contributed by atoms with van der Waals surface area (Å²) in [6, 6.07) is 11.2. The lowest BCUT2D eigenvalue weighted by atomic mass is 10.1. The molecule has 3 aromatic heterocycles. The highest BCUT2D eigenvalue weighted by Crippen LogP contribution is 2.30. The number of rotatable bonds is 12. The topological polar surface area (TPSA) is 110 Å². The SMILES string of the molecule is CC[N+](C)(C)CCCNC(=O)c1cc(NC(=O)c2cc(NC(=O)c3ccc(/C=C/c4cccc(C(F)(F)F)c4)nc3)cn2C)cn1C. The smallest absolute Gasteiger partial charge is 0.351 e. The zero-order valence-electron chi connectivity index (χ0n) is 27.0. The van der Waals surface area contributed by atoms with Gasteiger partial charge in [0.25, 0.3) is 17.7 Å². The summed E-state index contributed by atoms with van der Waals surface area (Å²) >= 11 is 0. The number of quaternary nitrogens is 1. The lowest BCUT2D eigenvalue weighted by molar-refractivity contribution is -0.888. The second-order valence-corrected chi connectivity index (χ2v) is 11.9. The van der Waals surface area contributed by atoms with Gasteiger partial charge in [0.05, 0.1) is 55.4 Å². The van der Waals surface area contributed by atoms with E-state index >= 15 is 0 Å². The molecule has 0 aliphatic rings. The van der Waals surface area contributed by atoms with Crippen LogP contribution in [0.3, 0.4) is 0 Å². The lowest BCUT2D eigenvalue weighted by Crippen LogP contribution is -2.41. The van der Waals surface area contributed by atoms with Gasteiger partial charge in [-0.3, -0.25) is 19.4 Å². The van der Waals surface area contributed by atoms with Crippen molar-refractivity contribution in [2.45, 2.75) is 19.5 Å². The van der Waals surface area contributed by atoms with E-state index in [2.05, 4.69) is 42.0 Å². The molecule has 3 heterocycles. The molecule has 0 spiro atoms. The van der Waals surface area contributed by atoms with Crippen LogP contribution in [0.1, 0.15) is 61.5 Å². The van der Waals surface area contributed by atoms with Crippen LogP contribution in [0.25, 0.3) is 12.2 Å². The number of anilines is 2. The molecule has 0 fully saturated rings. The largest absolute Gasteiger partial charge is 0.416 e. The van der Waals surface area contributed by atoms with Crippen molar-refractivity contribution in [2.24, 2.45) is 14.1 Å². The number of alkyl halides is 3. The number of halogens is 3. The Hall–Kier alpha value is -5.17. The predicted octanol–water partition coefficient (Wildman–Crippen LogP) is 5.67. The fraction of sp³-hybridized carbons (Fsp3) is 0.294. The number of nitrogens with zero attached hydrogens (tertiary/aromatic N) is 4. The highest BCUT2D eigenvalue weighted by molar-refractivity contribution is 6.07. The van der Waals surface area contributed by atoms with Crippen molar-refractivity contribution in [3.63, 3.8) is 0 Å². The molecule has 0 unspecified atom stereocenters. The third kappa shape index (κ3) is 9.42. The molecule has 0 aliphatic carbocycles. The fourth-order valence-electron chi connectivity index (χ4n) is 4.71. The van der Waals surface area contributed by atoms with E-state index < -0.39 is 23.6 Å². The van der Waals surface area contributed by atoms with E-state index in [1.54, 1.807) is 66.0 Å². The minimum Gasteiger partial charge on any atom is -0.351 e. The second-order valence-electron chi connectivity index (χ2n) is 11.9. The number of aromatic nitrogens is 3. The van der Waals surface area contributed by atoms with Crippen molar-refractivity contribution in [1.29, 1.82) is 0 Å². The Kier molecular flexibility index (Phi) is 10.7. The monoisotopic (exact) mass is 650 g/mol. The molecule has 4 rings (SSSR count). The summed E-state index contributed by atoms with van der Waals surface area (Å²) in [6.07, 6.45) is 4.07. The number of hydrogen-bond donors (Lipinski definition) is 3. The third-order valence-electron chi connectivity index (χ3n) is 7.78. The summed E-state index contributed by atoms with van der Waals surface area (Å²) in [4.78, 5) is 42.9. The molecule has 47 heavy (non-hydrogen) atoms. The molecule has 248 valence electrons. The average Bonchev–Trinajstić information content (AvgIpc) is 3.58. The summed E-state index contributed by atoms with van der Waals surface area (Å²) in [5.41, 5.74) is 1.85. The zero-order chi connectivity index (χ0) is 34.4. The lowest BCUT2D eigenvalue weighted by Gasteiger charge is -2.28. The van der Waals surface area contributed by atoms with Crippen LogP contribution in [0, 0.1) is 0 Å². The van der Waals surface area contributed by atoms with E-state index in [0.29, 0.717) is 34.9 Å². The number of amides is 3. The molecule has 3 N–H and O–H groups in total. The molecule has 0 radical (unpaired) electrons.